The number of rotatable bonds is 6. The van der Waals surface area contributed by atoms with Crippen LogP contribution in [-0.2, 0) is 6.54 Å². The lowest BCUT2D eigenvalue weighted by Crippen LogP contribution is -2.11. The summed E-state index contributed by atoms with van der Waals surface area (Å²) in [5.74, 6) is 0.327. The van der Waals surface area contributed by atoms with Crippen LogP contribution in [0.5, 0.6) is 5.75 Å². The van der Waals surface area contributed by atoms with Crippen LogP contribution in [0.3, 0.4) is 0 Å². The van der Waals surface area contributed by atoms with Crippen molar-refractivity contribution in [2.24, 2.45) is 5.73 Å². The van der Waals surface area contributed by atoms with Crippen LogP contribution in [0.2, 0.25) is 5.02 Å². The zero-order valence-electron chi connectivity index (χ0n) is 11.7. The van der Waals surface area contributed by atoms with E-state index >= 15 is 0 Å². The molecule has 0 aromatic heterocycles. The van der Waals surface area contributed by atoms with E-state index in [9.17, 15) is 4.79 Å². The Morgan fingerprint density at radius 1 is 1.24 bits per heavy atom. The van der Waals surface area contributed by atoms with E-state index in [0.29, 0.717) is 23.7 Å². The lowest BCUT2D eigenvalue weighted by atomic mass is 10.1. The second-order valence-electron chi connectivity index (χ2n) is 4.49. The largest absolute Gasteiger partial charge is 0.494 e. The van der Waals surface area contributed by atoms with Crippen LogP contribution >= 0.6 is 11.6 Å². The van der Waals surface area contributed by atoms with Gasteiger partial charge in [-0.15, -0.1) is 0 Å². The van der Waals surface area contributed by atoms with Crippen LogP contribution in [0.15, 0.2) is 42.5 Å². The van der Waals surface area contributed by atoms with Gasteiger partial charge >= 0.3 is 0 Å². The maximum absolute atomic E-state index is 11.1. The molecule has 2 aromatic rings. The molecule has 0 aliphatic heterocycles. The van der Waals surface area contributed by atoms with Crippen LogP contribution in [0.25, 0.3) is 0 Å². The summed E-state index contributed by atoms with van der Waals surface area (Å²) in [5.41, 5.74) is 7.49. The highest BCUT2D eigenvalue weighted by atomic mass is 35.5. The number of carbonyl (C=O) groups is 1. The van der Waals surface area contributed by atoms with E-state index in [-0.39, 0.29) is 0 Å². The molecular weight excluding hydrogens is 288 g/mol. The van der Waals surface area contributed by atoms with Gasteiger partial charge in [0.15, 0.2) is 0 Å². The molecule has 0 radical (unpaired) electrons. The normalized spacial score (nSPS) is 10.2. The lowest BCUT2D eigenvalue weighted by molar-refractivity contribution is 0.100. The Morgan fingerprint density at radius 2 is 1.95 bits per heavy atom. The molecule has 0 atom stereocenters. The third-order valence-corrected chi connectivity index (χ3v) is 3.28. The molecule has 0 saturated heterocycles. The van der Waals surface area contributed by atoms with Gasteiger partial charge in [-0.1, -0.05) is 23.7 Å². The van der Waals surface area contributed by atoms with Crippen molar-refractivity contribution in [1.29, 1.82) is 0 Å². The predicted molar refractivity (Wildman–Crippen MR) is 84.9 cm³/mol. The van der Waals surface area contributed by atoms with Crippen molar-refractivity contribution >= 4 is 23.2 Å². The molecule has 2 rings (SSSR count). The third-order valence-electron chi connectivity index (χ3n) is 2.97. The van der Waals surface area contributed by atoms with E-state index in [4.69, 9.17) is 22.1 Å². The summed E-state index contributed by atoms with van der Waals surface area (Å²) in [7, 11) is 0. The summed E-state index contributed by atoms with van der Waals surface area (Å²) < 4.78 is 5.39. The van der Waals surface area contributed by atoms with Crippen molar-refractivity contribution in [1.82, 2.24) is 0 Å². The Morgan fingerprint density at radius 3 is 2.52 bits per heavy atom. The molecular formula is C16H17ClN2O2. The first kappa shape index (κ1) is 15.2. The summed E-state index contributed by atoms with van der Waals surface area (Å²) in [4.78, 5) is 11.1. The SMILES string of the molecule is CCOc1ccc(CNc2ccc(C(N)=O)c(Cl)c2)cc1. The molecule has 0 bridgehead atoms. The fraction of sp³-hybridized carbons (Fsp3) is 0.188. The summed E-state index contributed by atoms with van der Waals surface area (Å²) in [5, 5.41) is 3.59. The van der Waals surface area contributed by atoms with Crippen molar-refractivity contribution in [2.75, 3.05) is 11.9 Å². The fourth-order valence-corrected chi connectivity index (χ4v) is 2.17. The minimum absolute atomic E-state index is 0.322. The number of hydrogen-bond donors (Lipinski definition) is 2. The lowest BCUT2D eigenvalue weighted by Gasteiger charge is -2.09. The smallest absolute Gasteiger partial charge is 0.250 e. The second kappa shape index (κ2) is 6.99. The average molecular weight is 305 g/mol. The highest BCUT2D eigenvalue weighted by Gasteiger charge is 2.06. The zero-order chi connectivity index (χ0) is 15.2. The Kier molecular flexibility index (Phi) is 5.06. The van der Waals surface area contributed by atoms with E-state index < -0.39 is 5.91 Å². The second-order valence-corrected chi connectivity index (χ2v) is 4.90. The van der Waals surface area contributed by atoms with Gasteiger partial charge in [0.05, 0.1) is 17.2 Å². The highest BCUT2D eigenvalue weighted by molar-refractivity contribution is 6.34. The number of benzene rings is 2. The predicted octanol–water partition coefficient (Wildman–Crippen LogP) is 3.45. The molecule has 21 heavy (non-hydrogen) atoms. The first-order chi connectivity index (χ1) is 10.1. The quantitative estimate of drug-likeness (QED) is 0.859. The highest BCUT2D eigenvalue weighted by Crippen LogP contribution is 2.21. The number of nitrogens with two attached hydrogens (primary N) is 1. The van der Waals surface area contributed by atoms with E-state index in [1.165, 1.54) is 0 Å². The van der Waals surface area contributed by atoms with Crippen LogP contribution in [0, 0.1) is 0 Å². The number of ether oxygens (including phenoxy) is 1. The Balaban J connectivity index is 1.99. The first-order valence-electron chi connectivity index (χ1n) is 6.65. The van der Waals surface area contributed by atoms with Crippen molar-refractivity contribution in [3.63, 3.8) is 0 Å². The fourth-order valence-electron chi connectivity index (χ4n) is 1.90. The number of nitrogens with one attached hydrogen (secondary N) is 1. The van der Waals surface area contributed by atoms with Gasteiger partial charge in [-0.25, -0.2) is 0 Å². The minimum Gasteiger partial charge on any atom is -0.494 e. The average Bonchev–Trinajstić information content (AvgIpc) is 2.46. The maximum Gasteiger partial charge on any atom is 0.250 e. The van der Waals surface area contributed by atoms with E-state index in [1.54, 1.807) is 18.2 Å². The van der Waals surface area contributed by atoms with E-state index in [0.717, 1.165) is 17.0 Å². The Bertz CT molecular complexity index is 627. The van der Waals surface area contributed by atoms with Crippen LogP contribution in [0.4, 0.5) is 5.69 Å². The number of hydrogen-bond acceptors (Lipinski definition) is 3. The number of amides is 1. The van der Waals surface area contributed by atoms with Gasteiger partial charge in [-0.3, -0.25) is 4.79 Å². The van der Waals surface area contributed by atoms with Gasteiger partial charge in [0.25, 0.3) is 0 Å². The van der Waals surface area contributed by atoms with Gasteiger partial charge in [0, 0.05) is 12.2 Å². The van der Waals surface area contributed by atoms with E-state index in [1.807, 2.05) is 31.2 Å². The monoisotopic (exact) mass is 304 g/mol. The maximum atomic E-state index is 11.1. The van der Waals surface area contributed by atoms with Crippen molar-refractivity contribution in [3.05, 3.63) is 58.6 Å². The topological polar surface area (TPSA) is 64.3 Å². The first-order valence-corrected chi connectivity index (χ1v) is 7.03. The third kappa shape index (κ3) is 4.13. The minimum atomic E-state index is -0.530. The summed E-state index contributed by atoms with van der Waals surface area (Å²) in [6, 6.07) is 12.9. The number of primary amides is 1. The number of carbonyl (C=O) groups excluding carboxylic acids is 1. The molecule has 110 valence electrons. The van der Waals surface area contributed by atoms with Crippen molar-refractivity contribution in [2.45, 2.75) is 13.5 Å². The molecule has 4 nitrogen and oxygen atoms in total. The van der Waals surface area contributed by atoms with Gasteiger partial charge in [-0.05, 0) is 42.8 Å². The van der Waals surface area contributed by atoms with Gasteiger partial charge in [-0.2, -0.15) is 0 Å². The molecule has 0 fully saturated rings. The Labute approximate surface area is 128 Å². The summed E-state index contributed by atoms with van der Waals surface area (Å²) in [6.45, 7) is 3.26. The van der Waals surface area contributed by atoms with Crippen molar-refractivity contribution < 1.29 is 9.53 Å². The van der Waals surface area contributed by atoms with Crippen molar-refractivity contribution in [3.8, 4) is 5.75 Å². The van der Waals surface area contributed by atoms with Crippen LogP contribution < -0.4 is 15.8 Å². The zero-order valence-corrected chi connectivity index (χ0v) is 12.5. The van der Waals surface area contributed by atoms with E-state index in [2.05, 4.69) is 5.32 Å². The number of halogens is 1. The van der Waals surface area contributed by atoms with Gasteiger partial charge in [0.1, 0.15) is 5.75 Å². The molecule has 0 spiro atoms. The summed E-state index contributed by atoms with van der Waals surface area (Å²) in [6.07, 6.45) is 0. The molecule has 0 unspecified atom stereocenters. The molecule has 5 heteroatoms. The summed E-state index contributed by atoms with van der Waals surface area (Å²) >= 11 is 6.00. The molecule has 0 heterocycles. The Hall–Kier alpha value is -2.20. The molecule has 2 aromatic carbocycles. The van der Waals surface area contributed by atoms with Gasteiger partial charge in [0.2, 0.25) is 5.91 Å². The molecule has 3 N–H and O–H groups in total. The molecule has 0 saturated carbocycles. The standard InChI is InChI=1S/C16H17ClN2O2/c1-2-21-13-6-3-11(4-7-13)10-19-12-5-8-14(16(18)20)15(17)9-12/h3-9,19H,2,10H2,1H3,(H2,18,20). The number of anilines is 1. The molecule has 1 amide bonds. The van der Waals surface area contributed by atoms with Gasteiger partial charge < -0.3 is 15.8 Å². The molecule has 0 aliphatic carbocycles. The van der Waals surface area contributed by atoms with Crippen LogP contribution in [-0.4, -0.2) is 12.5 Å². The molecule has 0 aliphatic rings. The van der Waals surface area contributed by atoms with Crippen LogP contribution in [0.1, 0.15) is 22.8 Å².